The Labute approximate surface area is 189 Å². The summed E-state index contributed by atoms with van der Waals surface area (Å²) < 4.78 is 15.0. The van der Waals surface area contributed by atoms with Crippen molar-refractivity contribution in [2.24, 2.45) is 0 Å². The van der Waals surface area contributed by atoms with E-state index in [1.54, 1.807) is 0 Å². The lowest BCUT2D eigenvalue weighted by Crippen LogP contribution is -2.16. The first kappa shape index (κ1) is 21.4. The molecule has 0 aliphatic rings. The van der Waals surface area contributed by atoms with E-state index in [1.165, 1.54) is 48.1 Å². The number of halogens is 3. The number of nitrogens with zero attached hydrogens (tertiary/aromatic N) is 5. The zero-order valence-electron chi connectivity index (χ0n) is 16.2. The molecule has 10 nitrogen and oxygen atoms in total. The van der Waals surface area contributed by atoms with E-state index in [9.17, 15) is 14.0 Å². The van der Waals surface area contributed by atoms with Crippen molar-refractivity contribution in [2.45, 2.75) is 6.92 Å². The number of imidazole rings is 1. The number of nitrogens with one attached hydrogen (secondary N) is 3. The van der Waals surface area contributed by atoms with Gasteiger partial charge in [0.1, 0.15) is 11.6 Å². The number of carbonyl (C=O) groups is 2. The van der Waals surface area contributed by atoms with Gasteiger partial charge in [-0.15, -0.1) is 0 Å². The summed E-state index contributed by atoms with van der Waals surface area (Å²) in [6.45, 7) is 1.34. The highest BCUT2D eigenvalue weighted by Crippen LogP contribution is 2.26. The standard InChI is InChI=1S/C19H13Cl2FN8O2/c1-9(31)25-16-4-10(20)5-17(28-16)26-13-6-15(21)29-30-14(8-24-18(13)30)19(32)27-12-2-3-23-7-11(12)22/h2-8H,1H3,(H,23,27,32)(H2,25,26,28,31). The fourth-order valence-electron chi connectivity index (χ4n) is 2.79. The molecule has 0 unspecified atom stereocenters. The lowest BCUT2D eigenvalue weighted by molar-refractivity contribution is -0.114. The quantitative estimate of drug-likeness (QED) is 0.400. The number of rotatable bonds is 5. The molecular formula is C19H13Cl2FN8O2. The summed E-state index contributed by atoms with van der Waals surface area (Å²) in [7, 11) is 0. The van der Waals surface area contributed by atoms with E-state index >= 15 is 0 Å². The molecule has 0 atom stereocenters. The van der Waals surface area contributed by atoms with E-state index in [2.05, 4.69) is 36.0 Å². The number of amides is 2. The molecule has 162 valence electrons. The van der Waals surface area contributed by atoms with E-state index in [0.717, 1.165) is 6.20 Å². The van der Waals surface area contributed by atoms with Crippen LogP contribution in [0.3, 0.4) is 0 Å². The lowest BCUT2D eigenvalue weighted by Gasteiger charge is -2.10. The number of carbonyl (C=O) groups excluding carboxylic acids is 2. The summed E-state index contributed by atoms with van der Waals surface area (Å²) in [4.78, 5) is 36.1. The van der Waals surface area contributed by atoms with Crippen molar-refractivity contribution in [3.05, 3.63) is 64.5 Å². The topological polar surface area (TPSA) is 126 Å². The number of fused-ring (bicyclic) bond motifs is 1. The molecule has 0 aromatic carbocycles. The van der Waals surface area contributed by atoms with Crippen LogP contribution in [0.25, 0.3) is 5.65 Å². The maximum Gasteiger partial charge on any atom is 0.276 e. The normalized spacial score (nSPS) is 10.8. The molecule has 4 heterocycles. The molecule has 4 aromatic rings. The lowest BCUT2D eigenvalue weighted by atomic mass is 10.3. The van der Waals surface area contributed by atoms with Gasteiger partial charge in [0, 0.05) is 24.2 Å². The van der Waals surface area contributed by atoms with Gasteiger partial charge in [0.25, 0.3) is 5.91 Å². The second-order valence-electron chi connectivity index (χ2n) is 6.43. The van der Waals surface area contributed by atoms with E-state index in [0.29, 0.717) is 16.5 Å². The van der Waals surface area contributed by atoms with Crippen LogP contribution in [0.2, 0.25) is 10.2 Å². The highest BCUT2D eigenvalue weighted by Gasteiger charge is 2.18. The maximum absolute atomic E-state index is 13.8. The van der Waals surface area contributed by atoms with Gasteiger partial charge in [0.05, 0.1) is 23.8 Å². The zero-order valence-corrected chi connectivity index (χ0v) is 17.7. The fourth-order valence-corrected chi connectivity index (χ4v) is 3.18. The van der Waals surface area contributed by atoms with Crippen LogP contribution in [0.5, 0.6) is 0 Å². The van der Waals surface area contributed by atoms with Gasteiger partial charge >= 0.3 is 0 Å². The molecular weight excluding hydrogens is 462 g/mol. The van der Waals surface area contributed by atoms with Crippen LogP contribution in [0.4, 0.5) is 27.4 Å². The van der Waals surface area contributed by atoms with Gasteiger partial charge in [-0.1, -0.05) is 23.2 Å². The van der Waals surface area contributed by atoms with Gasteiger partial charge < -0.3 is 16.0 Å². The molecule has 4 aromatic heterocycles. The minimum atomic E-state index is -0.690. The molecule has 0 saturated carbocycles. The monoisotopic (exact) mass is 474 g/mol. The summed E-state index contributed by atoms with van der Waals surface area (Å²) >= 11 is 12.2. The Kier molecular flexibility index (Phi) is 5.84. The minimum Gasteiger partial charge on any atom is -0.337 e. The van der Waals surface area contributed by atoms with Crippen molar-refractivity contribution < 1.29 is 14.0 Å². The predicted octanol–water partition coefficient (Wildman–Crippen LogP) is 3.92. The highest BCUT2D eigenvalue weighted by atomic mass is 35.5. The van der Waals surface area contributed by atoms with Gasteiger partial charge in [0.15, 0.2) is 22.3 Å². The third kappa shape index (κ3) is 4.58. The summed E-state index contributed by atoms with van der Waals surface area (Å²) in [6, 6.07) is 5.82. The Hall–Kier alpha value is -3.83. The number of pyridine rings is 2. The first-order valence-electron chi connectivity index (χ1n) is 8.97. The number of anilines is 4. The van der Waals surface area contributed by atoms with Crippen molar-refractivity contribution in [3.8, 4) is 0 Å². The van der Waals surface area contributed by atoms with Crippen molar-refractivity contribution in [2.75, 3.05) is 16.0 Å². The molecule has 0 saturated heterocycles. The Bertz CT molecular complexity index is 1360. The summed E-state index contributed by atoms with van der Waals surface area (Å²) in [5, 5.41) is 12.5. The number of hydrogen-bond acceptors (Lipinski definition) is 7. The Morgan fingerprint density at radius 3 is 2.59 bits per heavy atom. The van der Waals surface area contributed by atoms with Crippen molar-refractivity contribution >= 4 is 63.7 Å². The van der Waals surface area contributed by atoms with Gasteiger partial charge in [0.2, 0.25) is 5.91 Å². The van der Waals surface area contributed by atoms with Crippen LogP contribution in [0.15, 0.2) is 42.9 Å². The van der Waals surface area contributed by atoms with E-state index in [4.69, 9.17) is 23.2 Å². The van der Waals surface area contributed by atoms with E-state index < -0.39 is 11.7 Å². The van der Waals surface area contributed by atoms with Crippen molar-refractivity contribution in [1.29, 1.82) is 0 Å². The Balaban J connectivity index is 1.68. The largest absolute Gasteiger partial charge is 0.337 e. The average molecular weight is 475 g/mol. The summed E-state index contributed by atoms with van der Waals surface area (Å²) in [6.07, 6.45) is 3.60. The van der Waals surface area contributed by atoms with Crippen LogP contribution in [-0.2, 0) is 4.79 Å². The molecule has 2 amide bonds. The van der Waals surface area contributed by atoms with E-state index in [-0.39, 0.29) is 33.9 Å². The van der Waals surface area contributed by atoms with E-state index in [1.807, 2.05) is 0 Å². The number of aromatic nitrogens is 5. The van der Waals surface area contributed by atoms with Crippen LogP contribution in [0, 0.1) is 5.82 Å². The van der Waals surface area contributed by atoms with Crippen LogP contribution < -0.4 is 16.0 Å². The second kappa shape index (κ2) is 8.73. The van der Waals surface area contributed by atoms with Crippen LogP contribution >= 0.6 is 23.2 Å². The molecule has 0 fully saturated rings. The first-order chi connectivity index (χ1) is 15.3. The molecule has 3 N–H and O–H groups in total. The van der Waals surface area contributed by atoms with Crippen LogP contribution in [0.1, 0.15) is 17.4 Å². The van der Waals surface area contributed by atoms with Crippen molar-refractivity contribution in [1.82, 2.24) is 24.6 Å². The van der Waals surface area contributed by atoms with Gasteiger partial charge in [-0.2, -0.15) is 5.10 Å². The summed E-state index contributed by atoms with van der Waals surface area (Å²) in [5.41, 5.74) is 0.578. The molecule has 13 heteroatoms. The van der Waals surface area contributed by atoms with Crippen LogP contribution in [-0.4, -0.2) is 36.4 Å². The molecule has 0 aliphatic heterocycles. The third-order valence-electron chi connectivity index (χ3n) is 4.05. The first-order valence-corrected chi connectivity index (χ1v) is 9.73. The molecule has 0 aliphatic carbocycles. The molecule has 0 radical (unpaired) electrons. The fraction of sp³-hybridized carbons (Fsp3) is 0.0526. The number of hydrogen-bond donors (Lipinski definition) is 3. The van der Waals surface area contributed by atoms with Gasteiger partial charge in [-0.25, -0.2) is 18.9 Å². The molecule has 4 rings (SSSR count). The third-order valence-corrected chi connectivity index (χ3v) is 4.45. The second-order valence-corrected chi connectivity index (χ2v) is 7.25. The minimum absolute atomic E-state index is 0.0137. The van der Waals surface area contributed by atoms with Gasteiger partial charge in [-0.3, -0.25) is 14.6 Å². The summed E-state index contributed by atoms with van der Waals surface area (Å²) in [5.74, 6) is -1.12. The maximum atomic E-state index is 13.8. The van der Waals surface area contributed by atoms with Gasteiger partial charge in [-0.05, 0) is 18.2 Å². The average Bonchev–Trinajstić information content (AvgIpc) is 3.13. The Morgan fingerprint density at radius 2 is 1.84 bits per heavy atom. The highest BCUT2D eigenvalue weighted by molar-refractivity contribution is 6.31. The molecule has 0 spiro atoms. The molecule has 32 heavy (non-hydrogen) atoms. The Morgan fingerprint density at radius 1 is 1.06 bits per heavy atom. The SMILES string of the molecule is CC(=O)Nc1cc(Cl)cc(Nc2cc(Cl)nn3c(C(=O)Nc4ccncc4F)cnc23)n1. The molecule has 0 bridgehead atoms. The smallest absolute Gasteiger partial charge is 0.276 e. The van der Waals surface area contributed by atoms with Crippen molar-refractivity contribution in [3.63, 3.8) is 0 Å². The predicted molar refractivity (Wildman–Crippen MR) is 117 cm³/mol. The zero-order chi connectivity index (χ0) is 22.8.